The highest BCUT2D eigenvalue weighted by Gasteiger charge is 2.22. The van der Waals surface area contributed by atoms with Gasteiger partial charge in [-0.1, -0.05) is 0 Å². The van der Waals surface area contributed by atoms with Crippen molar-refractivity contribution in [2.24, 2.45) is 0 Å². The summed E-state index contributed by atoms with van der Waals surface area (Å²) in [5.41, 5.74) is 1.93. The highest BCUT2D eigenvalue weighted by atomic mass is 16.6. The average Bonchev–Trinajstić information content (AvgIpc) is 2.86. The maximum atomic E-state index is 10.9. The lowest BCUT2D eigenvalue weighted by Gasteiger charge is -2.27. The van der Waals surface area contributed by atoms with E-state index in [0.717, 1.165) is 42.4 Å². The SMILES string of the molecule is CCn1c(C)nnc1CN1CCc2ncc([N+](=O)[O-])cc2C1. The van der Waals surface area contributed by atoms with Crippen molar-refractivity contribution in [1.29, 1.82) is 0 Å². The number of hydrogen-bond acceptors (Lipinski definition) is 6. The van der Waals surface area contributed by atoms with Gasteiger partial charge in [-0.3, -0.25) is 20.0 Å². The number of fused-ring (bicyclic) bond motifs is 1. The highest BCUT2D eigenvalue weighted by molar-refractivity contribution is 5.35. The Labute approximate surface area is 127 Å². The van der Waals surface area contributed by atoms with E-state index in [1.165, 1.54) is 6.20 Å². The van der Waals surface area contributed by atoms with Crippen molar-refractivity contribution in [3.63, 3.8) is 0 Å². The van der Waals surface area contributed by atoms with E-state index in [2.05, 4.69) is 31.6 Å². The summed E-state index contributed by atoms with van der Waals surface area (Å²) in [5.74, 6) is 1.84. The van der Waals surface area contributed by atoms with Crippen LogP contribution in [0.2, 0.25) is 0 Å². The van der Waals surface area contributed by atoms with Gasteiger partial charge in [0, 0.05) is 37.8 Å². The summed E-state index contributed by atoms with van der Waals surface area (Å²) in [6, 6.07) is 1.63. The van der Waals surface area contributed by atoms with Gasteiger partial charge in [-0.25, -0.2) is 0 Å². The van der Waals surface area contributed by atoms with E-state index in [1.807, 2.05) is 6.92 Å². The van der Waals surface area contributed by atoms with Crippen LogP contribution in [-0.4, -0.2) is 36.1 Å². The van der Waals surface area contributed by atoms with Gasteiger partial charge in [-0.2, -0.15) is 0 Å². The van der Waals surface area contributed by atoms with Crippen LogP contribution in [0.25, 0.3) is 0 Å². The molecular formula is C14H18N6O2. The molecule has 8 heteroatoms. The molecule has 1 aliphatic rings. The van der Waals surface area contributed by atoms with Crippen molar-refractivity contribution in [2.75, 3.05) is 6.54 Å². The van der Waals surface area contributed by atoms with E-state index >= 15 is 0 Å². The fraction of sp³-hybridized carbons (Fsp3) is 0.500. The van der Waals surface area contributed by atoms with Crippen LogP contribution in [-0.2, 0) is 26.1 Å². The first-order valence-electron chi connectivity index (χ1n) is 7.31. The van der Waals surface area contributed by atoms with E-state index in [4.69, 9.17) is 0 Å². The van der Waals surface area contributed by atoms with Crippen LogP contribution < -0.4 is 0 Å². The van der Waals surface area contributed by atoms with Crippen LogP contribution >= 0.6 is 0 Å². The molecule has 22 heavy (non-hydrogen) atoms. The normalized spacial score (nSPS) is 14.8. The lowest BCUT2D eigenvalue weighted by atomic mass is 10.1. The molecule has 116 valence electrons. The molecule has 0 saturated heterocycles. The monoisotopic (exact) mass is 302 g/mol. The van der Waals surface area contributed by atoms with Crippen LogP contribution in [0.15, 0.2) is 12.3 Å². The second-order valence-electron chi connectivity index (χ2n) is 5.42. The molecule has 0 fully saturated rings. The first-order chi connectivity index (χ1) is 10.6. The minimum atomic E-state index is -0.400. The molecule has 8 nitrogen and oxygen atoms in total. The van der Waals surface area contributed by atoms with Crippen molar-refractivity contribution in [1.82, 2.24) is 24.6 Å². The zero-order valence-corrected chi connectivity index (χ0v) is 12.7. The third-order valence-electron chi connectivity index (χ3n) is 4.01. The van der Waals surface area contributed by atoms with Crippen LogP contribution in [0, 0.1) is 17.0 Å². The first kappa shape index (κ1) is 14.6. The van der Waals surface area contributed by atoms with Gasteiger partial charge in [-0.15, -0.1) is 10.2 Å². The fourth-order valence-corrected chi connectivity index (χ4v) is 2.86. The molecule has 0 bridgehead atoms. The van der Waals surface area contributed by atoms with Gasteiger partial charge >= 0.3 is 0 Å². The topological polar surface area (TPSA) is 90.0 Å². The van der Waals surface area contributed by atoms with E-state index in [1.54, 1.807) is 6.07 Å². The number of rotatable bonds is 4. The summed E-state index contributed by atoms with van der Waals surface area (Å²) in [5, 5.41) is 19.2. The Morgan fingerprint density at radius 1 is 1.41 bits per heavy atom. The Balaban J connectivity index is 1.78. The number of nitro groups is 1. The quantitative estimate of drug-likeness (QED) is 0.627. The Hall–Kier alpha value is -2.35. The number of hydrogen-bond donors (Lipinski definition) is 0. The molecule has 0 atom stereocenters. The maximum Gasteiger partial charge on any atom is 0.287 e. The second-order valence-corrected chi connectivity index (χ2v) is 5.42. The molecule has 0 amide bonds. The zero-order chi connectivity index (χ0) is 15.7. The molecule has 2 aromatic rings. The molecular weight excluding hydrogens is 284 g/mol. The molecule has 0 aromatic carbocycles. The summed E-state index contributed by atoms with van der Waals surface area (Å²) >= 11 is 0. The lowest BCUT2D eigenvalue weighted by Crippen LogP contribution is -2.31. The van der Waals surface area contributed by atoms with Crippen LogP contribution in [0.3, 0.4) is 0 Å². The molecule has 0 spiro atoms. The molecule has 1 aliphatic heterocycles. The summed E-state index contributed by atoms with van der Waals surface area (Å²) in [4.78, 5) is 16.9. The smallest absolute Gasteiger partial charge is 0.287 e. The Morgan fingerprint density at radius 3 is 2.95 bits per heavy atom. The zero-order valence-electron chi connectivity index (χ0n) is 12.7. The van der Waals surface area contributed by atoms with Crippen molar-refractivity contribution in [2.45, 2.75) is 39.9 Å². The van der Waals surface area contributed by atoms with Crippen molar-refractivity contribution < 1.29 is 4.92 Å². The van der Waals surface area contributed by atoms with Gasteiger partial charge in [0.15, 0.2) is 0 Å². The molecule has 0 unspecified atom stereocenters. The summed E-state index contributed by atoms with van der Waals surface area (Å²) < 4.78 is 2.08. The van der Waals surface area contributed by atoms with Crippen LogP contribution in [0.4, 0.5) is 5.69 Å². The van der Waals surface area contributed by atoms with Crippen molar-refractivity contribution in [3.8, 4) is 0 Å². The third-order valence-corrected chi connectivity index (χ3v) is 4.01. The van der Waals surface area contributed by atoms with E-state index in [-0.39, 0.29) is 5.69 Å². The first-order valence-corrected chi connectivity index (χ1v) is 7.31. The minimum absolute atomic E-state index is 0.0492. The highest BCUT2D eigenvalue weighted by Crippen LogP contribution is 2.22. The molecule has 0 N–H and O–H groups in total. The van der Waals surface area contributed by atoms with Crippen LogP contribution in [0.1, 0.15) is 29.8 Å². The van der Waals surface area contributed by atoms with E-state index in [0.29, 0.717) is 13.1 Å². The molecule has 3 heterocycles. The van der Waals surface area contributed by atoms with Gasteiger partial charge in [0.2, 0.25) is 0 Å². The van der Waals surface area contributed by atoms with Gasteiger partial charge < -0.3 is 4.57 Å². The Kier molecular flexibility index (Phi) is 3.84. The standard InChI is InChI=1S/C14H18N6O2/c1-3-19-10(2)16-17-14(19)9-18-5-4-13-11(8-18)6-12(7-15-13)20(21)22/h6-7H,3-5,8-9H2,1-2H3. The van der Waals surface area contributed by atoms with E-state index in [9.17, 15) is 10.1 Å². The lowest BCUT2D eigenvalue weighted by molar-refractivity contribution is -0.385. The van der Waals surface area contributed by atoms with Crippen molar-refractivity contribution >= 4 is 5.69 Å². The number of nitrogens with zero attached hydrogens (tertiary/aromatic N) is 6. The predicted octanol–water partition coefficient (Wildman–Crippen LogP) is 1.47. The molecule has 0 aliphatic carbocycles. The number of aryl methyl sites for hydroxylation is 1. The number of pyridine rings is 1. The summed E-state index contributed by atoms with van der Waals surface area (Å²) in [7, 11) is 0. The largest absolute Gasteiger partial charge is 0.314 e. The maximum absolute atomic E-state index is 10.9. The molecule has 0 saturated carbocycles. The summed E-state index contributed by atoms with van der Waals surface area (Å²) in [6.45, 7) is 7.06. The van der Waals surface area contributed by atoms with Gasteiger partial charge in [-0.05, 0) is 19.4 Å². The van der Waals surface area contributed by atoms with Gasteiger partial charge in [0.1, 0.15) is 17.8 Å². The molecule has 0 radical (unpaired) electrons. The predicted molar refractivity (Wildman–Crippen MR) is 79.1 cm³/mol. The van der Waals surface area contributed by atoms with Crippen molar-refractivity contribution in [3.05, 3.63) is 45.3 Å². The fourth-order valence-electron chi connectivity index (χ4n) is 2.86. The third kappa shape index (κ3) is 2.69. The van der Waals surface area contributed by atoms with Gasteiger partial charge in [0.05, 0.1) is 11.5 Å². The van der Waals surface area contributed by atoms with Crippen LogP contribution in [0.5, 0.6) is 0 Å². The van der Waals surface area contributed by atoms with E-state index < -0.39 is 4.92 Å². The van der Waals surface area contributed by atoms with Gasteiger partial charge in [0.25, 0.3) is 5.69 Å². The second kappa shape index (κ2) is 5.80. The summed E-state index contributed by atoms with van der Waals surface area (Å²) in [6.07, 6.45) is 2.14. The minimum Gasteiger partial charge on any atom is -0.314 e. The number of aromatic nitrogens is 4. The average molecular weight is 302 g/mol. The Bertz CT molecular complexity index is 711. The molecule has 3 rings (SSSR count). The Morgan fingerprint density at radius 2 is 2.23 bits per heavy atom. The molecule has 2 aromatic heterocycles.